The number of hydrogen-bond acceptors (Lipinski definition) is 3. The molecule has 0 aromatic carbocycles. The maximum atomic E-state index is 15.3. The molecule has 0 saturated heterocycles. The van der Waals surface area contributed by atoms with Crippen LogP contribution >= 0.6 is 0 Å². The average molecular weight is 350 g/mol. The summed E-state index contributed by atoms with van der Waals surface area (Å²) in [7, 11) is 0. The van der Waals surface area contributed by atoms with E-state index in [0.29, 0.717) is 25.2 Å². The van der Waals surface area contributed by atoms with Crippen molar-refractivity contribution in [1.29, 1.82) is 0 Å². The number of fused-ring (bicyclic) bond motifs is 5. The molecule has 4 heteroatoms. The van der Waals surface area contributed by atoms with Gasteiger partial charge >= 0.3 is 0 Å². The fourth-order valence-corrected chi connectivity index (χ4v) is 7.69. The minimum absolute atomic E-state index is 0.000710. The van der Waals surface area contributed by atoms with Crippen LogP contribution in [0.1, 0.15) is 72.1 Å². The van der Waals surface area contributed by atoms with Crippen LogP contribution in [0.15, 0.2) is 0 Å². The molecule has 1 N–H and O–H groups in total. The molecule has 140 valence electrons. The lowest BCUT2D eigenvalue weighted by atomic mass is 9.43. The molecule has 0 unspecified atom stereocenters. The van der Waals surface area contributed by atoms with Crippen LogP contribution in [0.2, 0.25) is 0 Å². The summed E-state index contributed by atoms with van der Waals surface area (Å²) in [5.41, 5.74) is -2.02. The monoisotopic (exact) mass is 350 g/mol. The summed E-state index contributed by atoms with van der Waals surface area (Å²) in [5.74, 6) is 1.26. The second kappa shape index (κ2) is 5.37. The Bertz CT molecular complexity index is 618. The Balaban J connectivity index is 1.71. The molecular weight excluding hydrogens is 319 g/mol. The average Bonchev–Trinajstić information content (AvgIpc) is 2.88. The van der Waals surface area contributed by atoms with Gasteiger partial charge in [-0.2, -0.15) is 0 Å². The summed E-state index contributed by atoms with van der Waals surface area (Å²) in [6, 6.07) is 0. The SMILES string of the molecule is CC(=O)[C@H]1CC[C@H]2[C@@H]3C[C@@H](F)[C@@]4(O)CC(=O)CC[C@]4(C)[C@H]3CC[C@]12C. The molecule has 0 aromatic rings. The molecule has 0 amide bonds. The first-order valence-corrected chi connectivity index (χ1v) is 10.0. The van der Waals surface area contributed by atoms with Gasteiger partial charge in [0.25, 0.3) is 0 Å². The van der Waals surface area contributed by atoms with Gasteiger partial charge in [0.2, 0.25) is 0 Å². The van der Waals surface area contributed by atoms with E-state index in [1.54, 1.807) is 6.92 Å². The normalized spacial score (nSPS) is 55.2. The molecule has 0 heterocycles. The van der Waals surface area contributed by atoms with E-state index in [4.69, 9.17) is 0 Å². The van der Waals surface area contributed by atoms with Gasteiger partial charge in [-0.1, -0.05) is 13.8 Å². The van der Waals surface area contributed by atoms with Crippen molar-refractivity contribution in [1.82, 2.24) is 0 Å². The molecule has 0 spiro atoms. The number of aliphatic hydroxyl groups is 1. The first-order valence-electron chi connectivity index (χ1n) is 10.0. The van der Waals surface area contributed by atoms with Crippen LogP contribution in [0, 0.1) is 34.5 Å². The first kappa shape index (κ1) is 17.6. The molecule has 4 aliphatic rings. The lowest BCUT2D eigenvalue weighted by Gasteiger charge is -2.63. The quantitative estimate of drug-likeness (QED) is 0.781. The number of alkyl halides is 1. The smallest absolute Gasteiger partial charge is 0.135 e. The zero-order valence-electron chi connectivity index (χ0n) is 15.7. The van der Waals surface area contributed by atoms with Crippen LogP contribution < -0.4 is 0 Å². The molecule has 8 atom stereocenters. The highest BCUT2D eigenvalue weighted by Crippen LogP contribution is 2.68. The Morgan fingerprint density at radius 2 is 1.88 bits per heavy atom. The van der Waals surface area contributed by atoms with Crippen LogP contribution in [0.3, 0.4) is 0 Å². The molecule has 3 nitrogen and oxygen atoms in total. The number of rotatable bonds is 1. The van der Waals surface area contributed by atoms with Crippen molar-refractivity contribution < 1.29 is 19.1 Å². The van der Waals surface area contributed by atoms with E-state index in [0.717, 1.165) is 25.7 Å². The van der Waals surface area contributed by atoms with E-state index in [9.17, 15) is 14.7 Å². The topological polar surface area (TPSA) is 54.4 Å². The van der Waals surface area contributed by atoms with Crippen LogP contribution in [0.25, 0.3) is 0 Å². The Hall–Kier alpha value is -0.770. The van der Waals surface area contributed by atoms with Gasteiger partial charge in [-0.15, -0.1) is 0 Å². The van der Waals surface area contributed by atoms with Gasteiger partial charge in [0.05, 0.1) is 0 Å². The van der Waals surface area contributed by atoms with Crippen molar-refractivity contribution in [3.8, 4) is 0 Å². The van der Waals surface area contributed by atoms with Crippen LogP contribution in [-0.2, 0) is 9.59 Å². The van der Waals surface area contributed by atoms with Crippen molar-refractivity contribution in [3.05, 3.63) is 0 Å². The maximum absolute atomic E-state index is 15.3. The van der Waals surface area contributed by atoms with Gasteiger partial charge in [-0.3, -0.25) is 9.59 Å². The van der Waals surface area contributed by atoms with Crippen molar-refractivity contribution in [3.63, 3.8) is 0 Å². The maximum Gasteiger partial charge on any atom is 0.135 e. The Labute approximate surface area is 149 Å². The third kappa shape index (κ3) is 2.12. The number of carbonyl (C=O) groups is 2. The highest BCUT2D eigenvalue weighted by Gasteiger charge is 2.68. The minimum Gasteiger partial charge on any atom is -0.386 e. The predicted molar refractivity (Wildman–Crippen MR) is 92.6 cm³/mol. The van der Waals surface area contributed by atoms with Crippen LogP contribution in [-0.4, -0.2) is 28.4 Å². The van der Waals surface area contributed by atoms with E-state index >= 15 is 4.39 Å². The van der Waals surface area contributed by atoms with Crippen LogP contribution in [0.4, 0.5) is 4.39 Å². The zero-order valence-corrected chi connectivity index (χ0v) is 15.7. The molecule has 0 aliphatic heterocycles. The van der Waals surface area contributed by atoms with Crippen molar-refractivity contribution in [2.75, 3.05) is 0 Å². The number of hydrogen-bond donors (Lipinski definition) is 1. The summed E-state index contributed by atoms with van der Waals surface area (Å²) in [6.07, 6.45) is 3.93. The fourth-order valence-electron chi connectivity index (χ4n) is 7.69. The molecule has 0 radical (unpaired) electrons. The molecule has 0 aromatic heterocycles. The molecule has 25 heavy (non-hydrogen) atoms. The fraction of sp³-hybridized carbons (Fsp3) is 0.905. The molecule has 4 saturated carbocycles. The molecular formula is C21H31FO3. The van der Waals surface area contributed by atoms with Gasteiger partial charge in [0.1, 0.15) is 23.3 Å². The van der Waals surface area contributed by atoms with Crippen LogP contribution in [0.5, 0.6) is 0 Å². The first-order chi connectivity index (χ1) is 11.6. The summed E-state index contributed by atoms with van der Waals surface area (Å²) >= 11 is 0. The minimum atomic E-state index is -1.49. The summed E-state index contributed by atoms with van der Waals surface area (Å²) in [5, 5.41) is 11.2. The van der Waals surface area contributed by atoms with Gasteiger partial charge in [-0.05, 0) is 68.6 Å². The van der Waals surface area contributed by atoms with Gasteiger partial charge in [0, 0.05) is 24.2 Å². The number of carbonyl (C=O) groups excluding carboxylic acids is 2. The summed E-state index contributed by atoms with van der Waals surface area (Å²) in [4.78, 5) is 24.1. The highest BCUT2D eigenvalue weighted by molar-refractivity contribution is 5.81. The largest absolute Gasteiger partial charge is 0.386 e. The second-order valence-electron chi connectivity index (χ2n) is 9.92. The van der Waals surface area contributed by atoms with Crippen molar-refractivity contribution >= 4 is 11.6 Å². The molecule has 4 rings (SSSR count). The lowest BCUT2D eigenvalue weighted by molar-refractivity contribution is -0.232. The summed E-state index contributed by atoms with van der Waals surface area (Å²) in [6.45, 7) is 5.98. The Morgan fingerprint density at radius 1 is 1.16 bits per heavy atom. The van der Waals surface area contributed by atoms with E-state index in [1.807, 2.05) is 6.92 Å². The molecule has 4 fully saturated rings. The number of ketones is 2. The molecule has 4 aliphatic carbocycles. The molecule has 0 bridgehead atoms. The van der Waals surface area contributed by atoms with Crippen molar-refractivity contribution in [2.45, 2.75) is 83.9 Å². The van der Waals surface area contributed by atoms with E-state index < -0.39 is 17.2 Å². The van der Waals surface area contributed by atoms with Gasteiger partial charge < -0.3 is 5.11 Å². The zero-order chi connectivity index (χ0) is 18.2. The van der Waals surface area contributed by atoms with E-state index in [1.165, 1.54) is 0 Å². The summed E-state index contributed by atoms with van der Waals surface area (Å²) < 4.78 is 15.3. The van der Waals surface area contributed by atoms with E-state index in [-0.39, 0.29) is 41.2 Å². The second-order valence-corrected chi connectivity index (χ2v) is 9.92. The third-order valence-corrected chi connectivity index (χ3v) is 9.12. The third-order valence-electron chi connectivity index (χ3n) is 9.12. The van der Waals surface area contributed by atoms with E-state index in [2.05, 4.69) is 6.92 Å². The van der Waals surface area contributed by atoms with Crippen molar-refractivity contribution in [2.24, 2.45) is 34.5 Å². The van der Waals surface area contributed by atoms with Gasteiger partial charge in [-0.25, -0.2) is 4.39 Å². The predicted octanol–water partition coefficient (Wildman–Crippen LogP) is 3.87. The lowest BCUT2D eigenvalue weighted by Crippen LogP contribution is -2.67. The number of Topliss-reactive ketones (excluding diaryl/α,β-unsaturated/α-hetero) is 2. The number of halogens is 1. The Morgan fingerprint density at radius 3 is 2.56 bits per heavy atom. The highest BCUT2D eigenvalue weighted by atomic mass is 19.1. The van der Waals surface area contributed by atoms with Gasteiger partial charge in [0.15, 0.2) is 0 Å². The Kier molecular flexibility index (Phi) is 3.79. The standard InChI is InChI=1S/C21H31FO3/c1-12(23)15-4-5-16-14-10-18(22)21(25)11-13(24)6-9-20(21,3)17(14)7-8-19(15,16)2/h14-18,25H,4-11H2,1-3H3/t14-,15+,16-,17-,18+,19+,20+,21-/m0/s1.